The zero-order valence-electron chi connectivity index (χ0n) is 29.1. The molecule has 0 aliphatic heterocycles. The van der Waals surface area contributed by atoms with Crippen molar-refractivity contribution >= 4 is 38.5 Å². The van der Waals surface area contributed by atoms with Crippen LogP contribution in [0.4, 0.5) is 11.4 Å². The van der Waals surface area contributed by atoms with Crippen molar-refractivity contribution in [3.63, 3.8) is 0 Å². The lowest BCUT2D eigenvalue weighted by Crippen LogP contribution is -2.18. The number of benzene rings is 5. The lowest BCUT2D eigenvalue weighted by Gasteiger charge is -2.30. The van der Waals surface area contributed by atoms with Gasteiger partial charge in [0, 0.05) is 17.1 Å². The van der Waals surface area contributed by atoms with Gasteiger partial charge in [-0.15, -0.1) is 0 Å². The van der Waals surface area contributed by atoms with E-state index in [2.05, 4.69) is 175 Å². The molecule has 51 heavy (non-hydrogen) atoms. The van der Waals surface area contributed by atoms with Crippen LogP contribution in [0.1, 0.15) is 37.7 Å². The fourth-order valence-electron chi connectivity index (χ4n) is 7.66. The fraction of sp³-hybridized carbons (Fsp3) is 0.120. The van der Waals surface area contributed by atoms with Gasteiger partial charge in [-0.2, -0.15) is 0 Å². The predicted octanol–water partition coefficient (Wildman–Crippen LogP) is 13.9. The quantitative estimate of drug-likeness (QED) is 0.113. The summed E-state index contributed by atoms with van der Waals surface area (Å²) in [6.45, 7) is 3.75. The summed E-state index contributed by atoms with van der Waals surface area (Å²) in [5, 5.41) is 5.15. The average Bonchev–Trinajstić information content (AvgIpc) is 3.21. The lowest BCUT2D eigenvalue weighted by atomic mass is 9.90. The molecule has 0 N–H and O–H groups in total. The van der Waals surface area contributed by atoms with Gasteiger partial charge in [-0.25, -0.2) is 0 Å². The van der Waals surface area contributed by atoms with Crippen molar-refractivity contribution in [1.29, 1.82) is 0 Å². The molecule has 0 saturated carbocycles. The van der Waals surface area contributed by atoms with E-state index in [1.54, 1.807) is 6.08 Å². The first-order valence-corrected chi connectivity index (χ1v) is 18.3. The monoisotopic (exact) mass is 657 g/mol. The molecule has 0 fully saturated rings. The van der Waals surface area contributed by atoms with Gasteiger partial charge in [0.25, 0.3) is 0 Å². The maximum atomic E-state index is 3.75. The van der Waals surface area contributed by atoms with Crippen molar-refractivity contribution in [2.75, 3.05) is 4.90 Å². The molecule has 0 aromatic heterocycles. The van der Waals surface area contributed by atoms with Crippen molar-refractivity contribution in [3.8, 4) is 11.1 Å². The number of allylic oxidation sites excluding steroid dienone is 17. The van der Waals surface area contributed by atoms with E-state index in [-0.39, 0.29) is 0 Å². The molecule has 0 bridgehead atoms. The molecule has 1 atom stereocenters. The van der Waals surface area contributed by atoms with E-state index < -0.39 is 0 Å². The van der Waals surface area contributed by atoms with Crippen LogP contribution in [-0.2, 0) is 0 Å². The molecule has 0 saturated heterocycles. The fourth-order valence-corrected chi connectivity index (χ4v) is 7.66. The Kier molecular flexibility index (Phi) is 9.44. The Bertz CT molecular complexity index is 2330. The van der Waals surface area contributed by atoms with Gasteiger partial charge in [-0.05, 0) is 129 Å². The Balaban J connectivity index is 1.12. The van der Waals surface area contributed by atoms with Gasteiger partial charge in [0.1, 0.15) is 0 Å². The molecule has 1 heteroatoms. The second kappa shape index (κ2) is 14.9. The molecule has 5 aromatic carbocycles. The van der Waals surface area contributed by atoms with E-state index in [0.717, 1.165) is 32.1 Å². The van der Waals surface area contributed by atoms with Gasteiger partial charge in [0.2, 0.25) is 0 Å². The van der Waals surface area contributed by atoms with E-state index in [0.29, 0.717) is 5.92 Å². The van der Waals surface area contributed by atoms with Crippen LogP contribution in [0.2, 0.25) is 0 Å². The van der Waals surface area contributed by atoms with Crippen molar-refractivity contribution < 1.29 is 0 Å². The SMILES string of the molecule is C=C/C=C\C=C\C1C=CC(c2ccc(N(C3=CC=C(C4=CC=CCC4)CC3)c3ccc(-c4cc5ccccc5c5ccccc45)cc3)cc2)=CC1. The minimum atomic E-state index is 0.421. The third-order valence-electron chi connectivity index (χ3n) is 10.4. The third kappa shape index (κ3) is 6.94. The van der Waals surface area contributed by atoms with Gasteiger partial charge in [-0.3, -0.25) is 0 Å². The summed E-state index contributed by atoms with van der Waals surface area (Å²) in [5.74, 6) is 0.421. The standard InChI is InChI=1S/C50H43N/c1-2-3-4-6-13-37-20-22-39(23-21-37)41-26-32-45(33-27-41)51(44-30-24-40(25-31-44)38-14-7-5-8-15-38)46-34-28-42(29-35-46)50-36-43-16-9-10-17-47(43)48-18-11-12-19-49(48)50/h2-7,9-14,16-20,22-24,26-30,32-37H,1,8,15,21,25,31H2/b4-3-,13-6+. The number of nitrogens with zero attached hydrogens (tertiary/aromatic N) is 1. The molecule has 0 heterocycles. The van der Waals surface area contributed by atoms with Crippen LogP contribution >= 0.6 is 0 Å². The van der Waals surface area contributed by atoms with Gasteiger partial charge >= 0.3 is 0 Å². The van der Waals surface area contributed by atoms with Crippen molar-refractivity contribution in [2.45, 2.75) is 32.1 Å². The van der Waals surface area contributed by atoms with Crippen LogP contribution in [0, 0.1) is 5.92 Å². The molecule has 0 amide bonds. The summed E-state index contributed by atoms with van der Waals surface area (Å²) in [7, 11) is 0. The van der Waals surface area contributed by atoms with Crippen LogP contribution in [0.3, 0.4) is 0 Å². The third-order valence-corrected chi connectivity index (χ3v) is 10.4. The molecule has 0 spiro atoms. The minimum Gasteiger partial charge on any atom is -0.314 e. The molecule has 3 aliphatic rings. The first kappa shape index (κ1) is 32.3. The number of fused-ring (bicyclic) bond motifs is 3. The first-order valence-electron chi connectivity index (χ1n) is 18.3. The van der Waals surface area contributed by atoms with E-state index >= 15 is 0 Å². The zero-order valence-corrected chi connectivity index (χ0v) is 29.1. The summed E-state index contributed by atoms with van der Waals surface area (Å²) in [6.07, 6.45) is 33.9. The van der Waals surface area contributed by atoms with E-state index in [9.17, 15) is 0 Å². The average molecular weight is 658 g/mol. The summed E-state index contributed by atoms with van der Waals surface area (Å²) in [5.41, 5.74) is 11.7. The molecule has 3 aliphatic carbocycles. The van der Waals surface area contributed by atoms with Crippen LogP contribution in [0.15, 0.2) is 206 Å². The number of hydrogen-bond donors (Lipinski definition) is 0. The van der Waals surface area contributed by atoms with E-state index in [4.69, 9.17) is 0 Å². The topological polar surface area (TPSA) is 3.24 Å². The van der Waals surface area contributed by atoms with Crippen molar-refractivity contribution in [3.05, 3.63) is 211 Å². The molecule has 248 valence electrons. The highest BCUT2D eigenvalue weighted by atomic mass is 15.1. The number of rotatable bonds is 9. The summed E-state index contributed by atoms with van der Waals surface area (Å²) < 4.78 is 0. The molecule has 0 radical (unpaired) electrons. The molecular formula is C50H43N. The molecule has 8 rings (SSSR count). The predicted molar refractivity (Wildman–Crippen MR) is 221 cm³/mol. The second-order valence-corrected chi connectivity index (χ2v) is 13.6. The van der Waals surface area contributed by atoms with Crippen molar-refractivity contribution in [1.82, 2.24) is 0 Å². The maximum absolute atomic E-state index is 3.75. The second-order valence-electron chi connectivity index (χ2n) is 13.6. The van der Waals surface area contributed by atoms with E-state index in [1.165, 1.54) is 72.0 Å². The normalized spacial score (nSPS) is 17.5. The highest BCUT2D eigenvalue weighted by Gasteiger charge is 2.20. The molecular weight excluding hydrogens is 615 g/mol. The van der Waals surface area contributed by atoms with Gasteiger partial charge < -0.3 is 4.90 Å². The Morgan fingerprint density at radius 1 is 0.647 bits per heavy atom. The summed E-state index contributed by atoms with van der Waals surface area (Å²) >= 11 is 0. The van der Waals surface area contributed by atoms with E-state index in [1.807, 2.05) is 12.2 Å². The number of anilines is 2. The summed E-state index contributed by atoms with van der Waals surface area (Å²) in [6, 6.07) is 38.2. The highest BCUT2D eigenvalue weighted by molar-refractivity contribution is 6.13. The van der Waals surface area contributed by atoms with Crippen LogP contribution in [0.25, 0.3) is 38.2 Å². The Labute approximate surface area is 302 Å². The minimum absolute atomic E-state index is 0.421. The Morgan fingerprint density at radius 3 is 2.06 bits per heavy atom. The van der Waals surface area contributed by atoms with Gasteiger partial charge in [-0.1, -0.05) is 152 Å². The zero-order chi connectivity index (χ0) is 34.4. The maximum Gasteiger partial charge on any atom is 0.0458 e. The highest BCUT2D eigenvalue weighted by Crippen LogP contribution is 2.40. The Morgan fingerprint density at radius 2 is 1.37 bits per heavy atom. The largest absolute Gasteiger partial charge is 0.314 e. The van der Waals surface area contributed by atoms with Gasteiger partial charge in [0.05, 0.1) is 0 Å². The van der Waals surface area contributed by atoms with Gasteiger partial charge in [0.15, 0.2) is 0 Å². The van der Waals surface area contributed by atoms with Crippen LogP contribution < -0.4 is 4.90 Å². The smallest absolute Gasteiger partial charge is 0.0458 e. The van der Waals surface area contributed by atoms with Crippen molar-refractivity contribution in [2.24, 2.45) is 5.92 Å². The Hall–Kier alpha value is -5.92. The van der Waals surface area contributed by atoms with Crippen LogP contribution in [0.5, 0.6) is 0 Å². The number of hydrogen-bond acceptors (Lipinski definition) is 1. The molecule has 5 aromatic rings. The summed E-state index contributed by atoms with van der Waals surface area (Å²) in [4.78, 5) is 2.46. The molecule has 1 nitrogen and oxygen atoms in total. The first-order chi connectivity index (χ1) is 25.2. The van der Waals surface area contributed by atoms with Crippen LogP contribution in [-0.4, -0.2) is 0 Å². The lowest BCUT2D eigenvalue weighted by molar-refractivity contribution is 0.825. The molecule has 1 unspecified atom stereocenters.